The van der Waals surface area contributed by atoms with E-state index in [1.807, 2.05) is 0 Å². The average molecular weight is 829 g/mol. The number of aliphatic hydroxyl groups is 2. The molecular formula is C32H52N12O14. The molecule has 0 spiro atoms. The van der Waals surface area contributed by atoms with Crippen LogP contribution in [0.5, 0.6) is 0 Å². The lowest BCUT2D eigenvalue weighted by atomic mass is 10.1. The number of carboxylic acids is 2. The fourth-order valence-corrected chi connectivity index (χ4v) is 5.79. The Morgan fingerprint density at radius 2 is 1.31 bits per heavy atom. The van der Waals surface area contributed by atoms with E-state index in [2.05, 4.69) is 47.5 Å². The van der Waals surface area contributed by atoms with Gasteiger partial charge in [0.15, 0.2) is 5.96 Å². The molecule has 2 heterocycles. The van der Waals surface area contributed by atoms with Crippen LogP contribution in [0.4, 0.5) is 0 Å². The number of nitrogens with zero attached hydrogens (tertiary/aromatic N) is 2. The summed E-state index contributed by atoms with van der Waals surface area (Å²) in [5, 5.41) is 56.6. The van der Waals surface area contributed by atoms with Gasteiger partial charge in [-0.1, -0.05) is 0 Å². The minimum absolute atomic E-state index is 0.0312. The number of hydrogen-bond donors (Lipinski definition) is 14. The molecule has 16 N–H and O–H groups in total. The van der Waals surface area contributed by atoms with Crippen molar-refractivity contribution in [3.63, 3.8) is 0 Å². The van der Waals surface area contributed by atoms with Crippen molar-refractivity contribution in [3.05, 3.63) is 0 Å². The maximum atomic E-state index is 13.1. The lowest BCUT2D eigenvalue weighted by Gasteiger charge is -2.27. The molecule has 2 aliphatic heterocycles. The molecule has 0 aromatic heterocycles. The van der Waals surface area contributed by atoms with Crippen molar-refractivity contribution < 1.29 is 68.4 Å². The second kappa shape index (κ2) is 24.5. The van der Waals surface area contributed by atoms with Crippen LogP contribution >= 0.6 is 0 Å². The monoisotopic (exact) mass is 828 g/mol. The maximum Gasteiger partial charge on any atom is 0.326 e. The molecular weight excluding hydrogens is 776 g/mol. The molecule has 8 amide bonds. The summed E-state index contributed by atoms with van der Waals surface area (Å²) in [4.78, 5) is 129. The number of aliphatic carboxylic acids is 2. The first-order valence-electron chi connectivity index (χ1n) is 18.2. The molecule has 26 nitrogen and oxygen atoms in total. The Morgan fingerprint density at radius 3 is 1.88 bits per heavy atom. The minimum atomic E-state index is -1.82. The third kappa shape index (κ3) is 16.5. The topological polar surface area (TPSA) is 415 Å². The smallest absolute Gasteiger partial charge is 0.326 e. The van der Waals surface area contributed by atoms with E-state index in [0.717, 1.165) is 11.3 Å². The van der Waals surface area contributed by atoms with Crippen molar-refractivity contribution in [2.24, 2.45) is 16.5 Å². The minimum Gasteiger partial charge on any atom is -0.481 e. The molecule has 2 aliphatic rings. The third-order valence-electron chi connectivity index (χ3n) is 8.73. The zero-order chi connectivity index (χ0) is 43.4. The highest BCUT2D eigenvalue weighted by molar-refractivity contribution is 5.97. The van der Waals surface area contributed by atoms with Crippen molar-refractivity contribution in [3.8, 4) is 0 Å². The van der Waals surface area contributed by atoms with Gasteiger partial charge in [0.2, 0.25) is 47.3 Å². The summed E-state index contributed by atoms with van der Waals surface area (Å²) < 4.78 is 0. The molecule has 2 fully saturated rings. The molecule has 0 radical (unpaired) electrons. The molecule has 0 bridgehead atoms. The van der Waals surface area contributed by atoms with Gasteiger partial charge >= 0.3 is 11.9 Å². The number of aliphatic imine (C=N–C) groups is 1. The van der Waals surface area contributed by atoms with Gasteiger partial charge in [0.1, 0.15) is 30.2 Å². The molecule has 0 aromatic carbocycles. The molecule has 2 saturated heterocycles. The summed E-state index contributed by atoms with van der Waals surface area (Å²) in [6, 6.07) is -7.87. The number of nitrogens with two attached hydrogens (primary N) is 2. The van der Waals surface area contributed by atoms with Crippen molar-refractivity contribution in [1.29, 1.82) is 0 Å². The molecule has 58 heavy (non-hydrogen) atoms. The first-order valence-corrected chi connectivity index (χ1v) is 18.2. The van der Waals surface area contributed by atoms with Gasteiger partial charge in [0, 0.05) is 13.1 Å². The van der Waals surface area contributed by atoms with E-state index < -0.39 is 135 Å². The van der Waals surface area contributed by atoms with Crippen LogP contribution in [0.15, 0.2) is 4.99 Å². The number of carbonyl (C=O) groups is 10. The highest BCUT2D eigenvalue weighted by Crippen LogP contribution is 2.18. The van der Waals surface area contributed by atoms with E-state index in [1.54, 1.807) is 0 Å². The molecule has 2 rings (SSSR count). The second-order valence-corrected chi connectivity index (χ2v) is 13.2. The SMILES string of the molecule is NC(N)=NCCC[C@H](NC(=O)CNC(=O)CNC(=O)[C@H](CO)NC(=O)[C@@H]1CCCN1)C(=O)NCC(=O)N[C@@H](CC(=O)O)C(=O)N[C@@H](CO)C(=O)N1CCC[C@H]1C(=O)O. The number of amides is 8. The zero-order valence-corrected chi connectivity index (χ0v) is 31.5. The fraction of sp³-hybridized carbons (Fsp3) is 0.656. The number of likely N-dealkylation sites (tertiary alicyclic amines) is 1. The summed E-state index contributed by atoms with van der Waals surface area (Å²) in [7, 11) is 0. The van der Waals surface area contributed by atoms with E-state index >= 15 is 0 Å². The number of nitrogens with one attached hydrogen (secondary N) is 8. The van der Waals surface area contributed by atoms with E-state index in [9.17, 15) is 68.4 Å². The molecule has 324 valence electrons. The Hall–Kier alpha value is -6.15. The number of rotatable bonds is 24. The Kier molecular flexibility index (Phi) is 20.3. The van der Waals surface area contributed by atoms with Gasteiger partial charge in [-0.3, -0.25) is 48.1 Å². The van der Waals surface area contributed by atoms with Crippen LogP contribution in [-0.2, 0) is 47.9 Å². The van der Waals surface area contributed by atoms with Gasteiger partial charge in [-0.05, 0) is 45.1 Å². The molecule has 0 aromatic rings. The van der Waals surface area contributed by atoms with E-state index in [4.69, 9.17) is 11.5 Å². The number of carbonyl (C=O) groups excluding carboxylic acids is 8. The Morgan fingerprint density at radius 1 is 0.707 bits per heavy atom. The van der Waals surface area contributed by atoms with Gasteiger partial charge in [-0.25, -0.2) is 4.79 Å². The van der Waals surface area contributed by atoms with Crippen LogP contribution in [-0.4, -0.2) is 179 Å². The summed E-state index contributed by atoms with van der Waals surface area (Å²) in [5.74, 6) is -10.3. The quantitative estimate of drug-likeness (QED) is 0.0244. The van der Waals surface area contributed by atoms with Crippen LogP contribution < -0.4 is 54.0 Å². The summed E-state index contributed by atoms with van der Waals surface area (Å²) in [6.45, 7) is -3.19. The van der Waals surface area contributed by atoms with Gasteiger partial charge in [-0.2, -0.15) is 0 Å². The maximum absolute atomic E-state index is 13.1. The second-order valence-electron chi connectivity index (χ2n) is 13.2. The number of hydrogen-bond acceptors (Lipinski definition) is 14. The van der Waals surface area contributed by atoms with Gasteiger partial charge in [-0.15, -0.1) is 0 Å². The summed E-state index contributed by atoms with van der Waals surface area (Å²) in [5.41, 5.74) is 10.6. The first-order chi connectivity index (χ1) is 27.5. The van der Waals surface area contributed by atoms with Gasteiger partial charge in [0.25, 0.3) is 0 Å². The molecule has 0 unspecified atom stereocenters. The van der Waals surface area contributed by atoms with Crippen molar-refractivity contribution >= 4 is 65.2 Å². The van der Waals surface area contributed by atoms with Crippen LogP contribution in [0.1, 0.15) is 44.9 Å². The third-order valence-corrected chi connectivity index (χ3v) is 8.73. The standard InChI is InChI=1S/C32H52N12O14/c33-32(34)36-8-2-5-17(40-23(48)12-37-22(47)11-38-27(53)19(14-45)42-28(54)16-4-1-7-35-16)26(52)39-13-24(49)41-18(10-25(50)51)29(55)43-20(15-46)30(56)44-9-3-6-21(44)31(57)58/h16-21,35,45-46H,1-15H2,(H,37,47)(H,38,53)(H,39,52)(H,40,48)(H,41,49)(H,42,54)(H,43,55)(H,50,51)(H,57,58)(H4,33,34,36)/t16-,17-,18-,19-,20-,21-/m0/s1. The summed E-state index contributed by atoms with van der Waals surface area (Å²) >= 11 is 0. The zero-order valence-electron chi connectivity index (χ0n) is 31.5. The Balaban J connectivity index is 1.95. The predicted molar refractivity (Wildman–Crippen MR) is 196 cm³/mol. The molecule has 0 aliphatic carbocycles. The largest absolute Gasteiger partial charge is 0.481 e. The van der Waals surface area contributed by atoms with Gasteiger partial charge in [0.05, 0.1) is 45.3 Å². The predicted octanol–water partition coefficient (Wildman–Crippen LogP) is -8.39. The molecule has 6 atom stereocenters. The Labute approximate surface area is 331 Å². The highest BCUT2D eigenvalue weighted by atomic mass is 16.4. The van der Waals surface area contributed by atoms with Crippen molar-refractivity contribution in [2.75, 3.05) is 52.5 Å². The average Bonchev–Trinajstić information content (AvgIpc) is 3.90. The fourth-order valence-electron chi connectivity index (χ4n) is 5.79. The van der Waals surface area contributed by atoms with E-state index in [-0.39, 0.29) is 38.3 Å². The number of aliphatic hydroxyl groups excluding tert-OH is 2. The summed E-state index contributed by atoms with van der Waals surface area (Å²) in [6.07, 6.45) is 0.866. The van der Waals surface area contributed by atoms with E-state index in [1.165, 1.54) is 0 Å². The van der Waals surface area contributed by atoms with Crippen LogP contribution in [0, 0.1) is 0 Å². The molecule has 0 saturated carbocycles. The van der Waals surface area contributed by atoms with Crippen LogP contribution in [0.3, 0.4) is 0 Å². The van der Waals surface area contributed by atoms with Gasteiger partial charge < -0.3 is 79.3 Å². The molecule has 26 heteroatoms. The lowest BCUT2D eigenvalue weighted by Crippen LogP contribution is -2.58. The van der Waals surface area contributed by atoms with Crippen LogP contribution in [0.2, 0.25) is 0 Å². The van der Waals surface area contributed by atoms with Crippen molar-refractivity contribution in [2.45, 2.75) is 81.2 Å². The van der Waals surface area contributed by atoms with E-state index in [0.29, 0.717) is 19.4 Å². The van der Waals surface area contributed by atoms with Crippen molar-refractivity contribution in [1.82, 2.24) is 47.4 Å². The normalized spacial score (nSPS) is 17.9. The number of guanidine groups is 1. The first kappa shape index (κ1) is 48.0. The number of carboxylic acid groups (broad SMARTS) is 2. The lowest BCUT2D eigenvalue weighted by molar-refractivity contribution is -0.150. The highest BCUT2D eigenvalue weighted by Gasteiger charge is 2.38. The van der Waals surface area contributed by atoms with Crippen LogP contribution in [0.25, 0.3) is 0 Å². The Bertz CT molecular complexity index is 1550.